The fourth-order valence-corrected chi connectivity index (χ4v) is 4.14. The van der Waals surface area contributed by atoms with Crippen LogP contribution in [-0.4, -0.2) is 26.9 Å². The SMILES string of the molecule is Cc1ccc(S(=O)(=O)N[C@H]2CCN(c3ccccc3)C2=O)cc1Cl. The van der Waals surface area contributed by atoms with Crippen LogP contribution in [0.25, 0.3) is 0 Å². The summed E-state index contributed by atoms with van der Waals surface area (Å²) in [6.45, 7) is 2.27. The zero-order valence-corrected chi connectivity index (χ0v) is 14.6. The molecule has 0 aliphatic carbocycles. The molecule has 1 amide bonds. The first-order valence-corrected chi connectivity index (χ1v) is 9.39. The molecule has 1 heterocycles. The molecule has 0 spiro atoms. The molecule has 1 atom stereocenters. The lowest BCUT2D eigenvalue weighted by Gasteiger charge is -2.17. The molecule has 0 bridgehead atoms. The van der Waals surface area contributed by atoms with Crippen LogP contribution in [0.3, 0.4) is 0 Å². The van der Waals surface area contributed by atoms with E-state index in [1.807, 2.05) is 30.3 Å². The first-order valence-electron chi connectivity index (χ1n) is 7.53. The van der Waals surface area contributed by atoms with Crippen molar-refractivity contribution < 1.29 is 13.2 Å². The van der Waals surface area contributed by atoms with Crippen molar-refractivity contribution in [3.8, 4) is 0 Å². The number of hydrogen-bond donors (Lipinski definition) is 1. The minimum absolute atomic E-state index is 0.0593. The Kier molecular flexibility index (Phi) is 4.62. The van der Waals surface area contributed by atoms with Crippen LogP contribution < -0.4 is 9.62 Å². The Bertz CT molecular complexity index is 869. The van der Waals surface area contributed by atoms with E-state index < -0.39 is 16.1 Å². The van der Waals surface area contributed by atoms with Crippen LogP contribution >= 0.6 is 11.6 Å². The Balaban J connectivity index is 1.78. The van der Waals surface area contributed by atoms with Crippen LogP contribution in [-0.2, 0) is 14.8 Å². The van der Waals surface area contributed by atoms with E-state index in [4.69, 9.17) is 11.6 Å². The fourth-order valence-electron chi connectivity index (χ4n) is 2.65. The number of benzene rings is 2. The van der Waals surface area contributed by atoms with Gasteiger partial charge in [0.05, 0.1) is 4.90 Å². The summed E-state index contributed by atoms with van der Waals surface area (Å²) in [5.41, 5.74) is 1.56. The minimum Gasteiger partial charge on any atom is -0.311 e. The van der Waals surface area contributed by atoms with Crippen LogP contribution in [0.5, 0.6) is 0 Å². The molecular weight excluding hydrogens is 348 g/mol. The first kappa shape index (κ1) is 17.0. The van der Waals surface area contributed by atoms with Gasteiger partial charge in [0.2, 0.25) is 15.9 Å². The molecule has 5 nitrogen and oxygen atoms in total. The van der Waals surface area contributed by atoms with Crippen molar-refractivity contribution in [2.24, 2.45) is 0 Å². The zero-order valence-electron chi connectivity index (χ0n) is 13.1. The number of para-hydroxylation sites is 1. The quantitative estimate of drug-likeness (QED) is 0.907. The molecule has 0 radical (unpaired) electrons. The number of amides is 1. The average Bonchev–Trinajstić information content (AvgIpc) is 2.91. The molecule has 1 saturated heterocycles. The Morgan fingerprint density at radius 2 is 1.88 bits per heavy atom. The Morgan fingerprint density at radius 1 is 1.17 bits per heavy atom. The highest BCUT2D eigenvalue weighted by atomic mass is 35.5. The monoisotopic (exact) mass is 364 g/mol. The lowest BCUT2D eigenvalue weighted by molar-refractivity contribution is -0.118. The number of rotatable bonds is 4. The van der Waals surface area contributed by atoms with Crippen molar-refractivity contribution in [3.63, 3.8) is 0 Å². The van der Waals surface area contributed by atoms with Crippen LogP contribution in [0.2, 0.25) is 5.02 Å². The van der Waals surface area contributed by atoms with Gasteiger partial charge in [0.25, 0.3) is 0 Å². The number of anilines is 1. The maximum Gasteiger partial charge on any atom is 0.245 e. The Hall–Kier alpha value is -1.89. The second kappa shape index (κ2) is 6.55. The van der Waals surface area contributed by atoms with Gasteiger partial charge in [-0.2, -0.15) is 4.72 Å². The van der Waals surface area contributed by atoms with Gasteiger partial charge in [0.1, 0.15) is 6.04 Å². The number of carbonyl (C=O) groups is 1. The first-order chi connectivity index (χ1) is 11.4. The number of hydrogen-bond acceptors (Lipinski definition) is 3. The van der Waals surface area contributed by atoms with Crippen molar-refractivity contribution in [2.75, 3.05) is 11.4 Å². The third kappa shape index (κ3) is 3.31. The van der Waals surface area contributed by atoms with Gasteiger partial charge in [-0.05, 0) is 43.2 Å². The van der Waals surface area contributed by atoms with E-state index >= 15 is 0 Å². The van der Waals surface area contributed by atoms with Crippen molar-refractivity contribution in [1.82, 2.24) is 4.72 Å². The van der Waals surface area contributed by atoms with Crippen molar-refractivity contribution in [2.45, 2.75) is 24.3 Å². The average molecular weight is 365 g/mol. The molecule has 1 fully saturated rings. The van der Waals surface area contributed by atoms with Gasteiger partial charge in [-0.3, -0.25) is 4.79 Å². The van der Waals surface area contributed by atoms with E-state index in [9.17, 15) is 13.2 Å². The molecule has 7 heteroatoms. The third-order valence-electron chi connectivity index (χ3n) is 4.02. The molecule has 2 aromatic rings. The molecule has 2 aromatic carbocycles. The van der Waals surface area contributed by atoms with Crippen LogP contribution in [0, 0.1) is 6.92 Å². The number of halogens is 1. The summed E-state index contributed by atoms with van der Waals surface area (Å²) in [7, 11) is -3.80. The van der Waals surface area contributed by atoms with Crippen LogP contribution in [0.4, 0.5) is 5.69 Å². The van der Waals surface area contributed by atoms with E-state index in [0.717, 1.165) is 11.3 Å². The van der Waals surface area contributed by atoms with Gasteiger partial charge in [-0.15, -0.1) is 0 Å². The molecule has 1 N–H and O–H groups in total. The van der Waals surface area contributed by atoms with Gasteiger partial charge in [0.15, 0.2) is 0 Å². The molecular formula is C17H17ClN2O3S. The molecule has 0 saturated carbocycles. The minimum atomic E-state index is -3.80. The summed E-state index contributed by atoms with van der Waals surface area (Å²) in [4.78, 5) is 14.2. The lowest BCUT2D eigenvalue weighted by atomic mass is 10.2. The predicted octanol–water partition coefficient (Wildman–Crippen LogP) is 2.73. The van der Waals surface area contributed by atoms with Gasteiger partial charge in [0, 0.05) is 17.3 Å². The van der Waals surface area contributed by atoms with Gasteiger partial charge >= 0.3 is 0 Å². The van der Waals surface area contributed by atoms with E-state index in [1.165, 1.54) is 12.1 Å². The smallest absolute Gasteiger partial charge is 0.245 e. The molecule has 1 aliphatic heterocycles. The number of nitrogens with one attached hydrogen (secondary N) is 1. The highest BCUT2D eigenvalue weighted by Crippen LogP contribution is 2.24. The number of nitrogens with zero attached hydrogens (tertiary/aromatic N) is 1. The highest BCUT2D eigenvalue weighted by Gasteiger charge is 2.35. The zero-order chi connectivity index (χ0) is 17.3. The third-order valence-corrected chi connectivity index (χ3v) is 5.90. The molecule has 1 aliphatic rings. The van der Waals surface area contributed by atoms with Gasteiger partial charge in [-0.1, -0.05) is 35.9 Å². The van der Waals surface area contributed by atoms with E-state index in [1.54, 1.807) is 17.9 Å². The second-order valence-corrected chi connectivity index (χ2v) is 7.82. The standard InChI is InChI=1S/C17H17ClN2O3S/c1-12-7-8-14(11-15(12)18)24(22,23)19-16-9-10-20(17(16)21)13-5-3-2-4-6-13/h2-8,11,16,19H,9-10H2,1H3/t16-/m0/s1. The van der Waals surface area contributed by atoms with Crippen LogP contribution in [0.15, 0.2) is 53.4 Å². The number of aryl methyl sites for hydroxylation is 1. The summed E-state index contributed by atoms with van der Waals surface area (Å²) in [6, 6.07) is 13.0. The predicted molar refractivity (Wildman–Crippen MR) is 93.7 cm³/mol. The summed E-state index contributed by atoms with van der Waals surface area (Å²) in [6.07, 6.45) is 0.423. The second-order valence-electron chi connectivity index (χ2n) is 5.70. The lowest BCUT2D eigenvalue weighted by Crippen LogP contribution is -2.41. The van der Waals surface area contributed by atoms with E-state index in [2.05, 4.69) is 4.72 Å². The molecule has 3 rings (SSSR count). The maximum atomic E-state index is 12.5. The van der Waals surface area contributed by atoms with Gasteiger partial charge in [-0.25, -0.2) is 8.42 Å². The molecule has 126 valence electrons. The van der Waals surface area contributed by atoms with E-state index in [-0.39, 0.29) is 10.8 Å². The normalized spacial score (nSPS) is 18.2. The molecule has 24 heavy (non-hydrogen) atoms. The fraction of sp³-hybridized carbons (Fsp3) is 0.235. The summed E-state index contributed by atoms with van der Waals surface area (Å²) < 4.78 is 27.5. The maximum absolute atomic E-state index is 12.5. The Labute approximate surface area is 146 Å². The molecule has 0 unspecified atom stereocenters. The molecule has 0 aromatic heterocycles. The van der Waals surface area contributed by atoms with Crippen molar-refractivity contribution >= 4 is 33.2 Å². The van der Waals surface area contributed by atoms with Crippen LogP contribution in [0.1, 0.15) is 12.0 Å². The van der Waals surface area contributed by atoms with Gasteiger partial charge < -0.3 is 4.90 Å². The number of carbonyl (C=O) groups excluding carboxylic acids is 1. The topological polar surface area (TPSA) is 66.5 Å². The summed E-state index contributed by atoms with van der Waals surface area (Å²) in [5.74, 6) is -0.247. The Morgan fingerprint density at radius 3 is 2.54 bits per heavy atom. The summed E-state index contributed by atoms with van der Waals surface area (Å²) >= 11 is 6.00. The largest absolute Gasteiger partial charge is 0.311 e. The van der Waals surface area contributed by atoms with Crippen molar-refractivity contribution in [1.29, 1.82) is 0 Å². The number of sulfonamides is 1. The van der Waals surface area contributed by atoms with Crippen molar-refractivity contribution in [3.05, 3.63) is 59.1 Å². The highest BCUT2D eigenvalue weighted by molar-refractivity contribution is 7.89. The van der Waals surface area contributed by atoms with E-state index in [0.29, 0.717) is 18.0 Å². The summed E-state index contributed by atoms with van der Waals surface area (Å²) in [5, 5.41) is 0.376.